The summed E-state index contributed by atoms with van der Waals surface area (Å²) in [6.45, 7) is 6.88. The minimum Gasteiger partial charge on any atom is -0.381 e. The van der Waals surface area contributed by atoms with E-state index in [0.29, 0.717) is 50.8 Å². The van der Waals surface area contributed by atoms with E-state index in [0.717, 1.165) is 31.4 Å². The molecule has 2 amide bonds. The van der Waals surface area contributed by atoms with Crippen LogP contribution in [-0.2, 0) is 35.1 Å². The van der Waals surface area contributed by atoms with Crippen molar-refractivity contribution in [2.24, 2.45) is 11.8 Å². The number of hydrogen-bond donors (Lipinski definition) is 2. The van der Waals surface area contributed by atoms with Crippen LogP contribution < -0.4 is 10.6 Å². The molecule has 0 bridgehead atoms. The standard InChI is InChI=1S/C26H38N2O6/c1-19(2)18-34-14-5-13-33-15-12-27-25(31)17-26(32)28-21-10-8-20(9-11-21)16-24(30)22-6-3-4-7-23(22)29/h8-11,19,22H,3-7,12-18H2,1-2H3,(H,27,31)(H,28,32). The third-order valence-corrected chi connectivity index (χ3v) is 5.48. The SMILES string of the molecule is CC(C)COCCCOCCNC(=O)CC(=O)Nc1ccc(CC(=O)C2CCCCC2=O)cc1. The van der Waals surface area contributed by atoms with Gasteiger partial charge in [-0.25, -0.2) is 0 Å². The van der Waals surface area contributed by atoms with Crippen molar-refractivity contribution in [3.8, 4) is 0 Å². The van der Waals surface area contributed by atoms with Gasteiger partial charge in [0.05, 0.1) is 12.5 Å². The first-order valence-electron chi connectivity index (χ1n) is 12.2. The highest BCUT2D eigenvalue weighted by atomic mass is 16.5. The van der Waals surface area contributed by atoms with Crippen molar-refractivity contribution in [3.63, 3.8) is 0 Å². The third-order valence-electron chi connectivity index (χ3n) is 5.48. The minimum absolute atomic E-state index is 0.0402. The van der Waals surface area contributed by atoms with Crippen LogP contribution >= 0.6 is 0 Å². The van der Waals surface area contributed by atoms with Gasteiger partial charge in [0.1, 0.15) is 18.0 Å². The van der Waals surface area contributed by atoms with Gasteiger partial charge < -0.3 is 20.1 Å². The summed E-state index contributed by atoms with van der Waals surface area (Å²) in [4.78, 5) is 48.4. The Kier molecular flexibility index (Phi) is 12.5. The predicted octanol–water partition coefficient (Wildman–Crippen LogP) is 3.08. The third kappa shape index (κ3) is 11.0. The number of Topliss-reactive ketones (excluding diaryl/α,β-unsaturated/α-hetero) is 2. The van der Waals surface area contributed by atoms with Gasteiger partial charge in [-0.1, -0.05) is 32.4 Å². The lowest BCUT2D eigenvalue weighted by Gasteiger charge is -2.19. The molecule has 0 spiro atoms. The van der Waals surface area contributed by atoms with Crippen molar-refractivity contribution in [1.82, 2.24) is 5.32 Å². The molecule has 0 aliphatic heterocycles. The summed E-state index contributed by atoms with van der Waals surface area (Å²) >= 11 is 0. The molecule has 0 aromatic heterocycles. The van der Waals surface area contributed by atoms with Crippen molar-refractivity contribution in [1.29, 1.82) is 0 Å². The van der Waals surface area contributed by atoms with E-state index in [1.165, 1.54) is 0 Å². The fourth-order valence-corrected chi connectivity index (χ4v) is 3.71. The molecule has 1 aliphatic rings. The first-order chi connectivity index (χ1) is 16.3. The second kappa shape index (κ2) is 15.3. The maximum atomic E-state index is 12.4. The van der Waals surface area contributed by atoms with E-state index in [1.54, 1.807) is 24.3 Å². The van der Waals surface area contributed by atoms with Gasteiger partial charge in [0, 0.05) is 44.9 Å². The van der Waals surface area contributed by atoms with Gasteiger partial charge in [-0.15, -0.1) is 0 Å². The lowest BCUT2D eigenvalue weighted by atomic mass is 9.83. The van der Waals surface area contributed by atoms with E-state index in [-0.39, 0.29) is 30.3 Å². The number of rotatable bonds is 15. The van der Waals surface area contributed by atoms with Crippen molar-refractivity contribution < 1.29 is 28.7 Å². The predicted molar refractivity (Wildman–Crippen MR) is 129 cm³/mol. The quantitative estimate of drug-likeness (QED) is 0.299. The van der Waals surface area contributed by atoms with Crippen LogP contribution in [0.15, 0.2) is 24.3 Å². The highest BCUT2D eigenvalue weighted by molar-refractivity contribution is 6.04. The highest BCUT2D eigenvalue weighted by Crippen LogP contribution is 2.23. The molecule has 1 unspecified atom stereocenters. The van der Waals surface area contributed by atoms with Crippen LogP contribution in [0.3, 0.4) is 0 Å². The Morgan fingerprint density at radius 1 is 1.00 bits per heavy atom. The Labute approximate surface area is 202 Å². The largest absolute Gasteiger partial charge is 0.381 e. The minimum atomic E-state index is -0.472. The molecule has 0 saturated heterocycles. The fraction of sp³-hybridized carbons (Fsp3) is 0.615. The lowest BCUT2D eigenvalue weighted by Crippen LogP contribution is -2.30. The van der Waals surface area contributed by atoms with Crippen molar-refractivity contribution >= 4 is 29.1 Å². The summed E-state index contributed by atoms with van der Waals surface area (Å²) in [5.74, 6) is -0.737. The number of ketones is 2. The molecule has 1 aliphatic carbocycles. The smallest absolute Gasteiger partial charge is 0.233 e. The maximum Gasteiger partial charge on any atom is 0.233 e. The number of ether oxygens (including phenoxy) is 2. The van der Waals surface area contributed by atoms with Crippen LogP contribution in [0.2, 0.25) is 0 Å². The van der Waals surface area contributed by atoms with Crippen LogP contribution in [0, 0.1) is 11.8 Å². The van der Waals surface area contributed by atoms with Crippen molar-refractivity contribution in [3.05, 3.63) is 29.8 Å². The summed E-state index contributed by atoms with van der Waals surface area (Å²) in [6, 6.07) is 6.90. The number of carbonyl (C=O) groups is 4. The van der Waals surface area contributed by atoms with Gasteiger partial charge in [-0.3, -0.25) is 19.2 Å². The molecule has 2 N–H and O–H groups in total. The zero-order chi connectivity index (χ0) is 24.8. The Morgan fingerprint density at radius 2 is 1.74 bits per heavy atom. The molecule has 1 aromatic carbocycles. The number of amides is 2. The van der Waals surface area contributed by atoms with Gasteiger partial charge >= 0.3 is 0 Å². The van der Waals surface area contributed by atoms with E-state index in [9.17, 15) is 19.2 Å². The van der Waals surface area contributed by atoms with Gasteiger partial charge in [0.2, 0.25) is 11.8 Å². The Hall–Kier alpha value is -2.58. The first-order valence-corrected chi connectivity index (χ1v) is 12.2. The molecular weight excluding hydrogens is 436 g/mol. The maximum absolute atomic E-state index is 12.4. The van der Waals surface area contributed by atoms with E-state index >= 15 is 0 Å². The summed E-state index contributed by atoms with van der Waals surface area (Å²) in [7, 11) is 0. The average molecular weight is 475 g/mol. The molecule has 0 radical (unpaired) electrons. The Morgan fingerprint density at radius 3 is 2.44 bits per heavy atom. The summed E-state index contributed by atoms with van der Waals surface area (Å²) < 4.78 is 10.9. The van der Waals surface area contributed by atoms with Crippen LogP contribution in [0.4, 0.5) is 5.69 Å². The molecule has 1 saturated carbocycles. The molecule has 0 heterocycles. The number of hydrogen-bond acceptors (Lipinski definition) is 6. The molecule has 8 nitrogen and oxygen atoms in total. The van der Waals surface area contributed by atoms with Gasteiger partial charge in [0.25, 0.3) is 0 Å². The number of carbonyl (C=O) groups excluding carboxylic acids is 4. The molecule has 34 heavy (non-hydrogen) atoms. The zero-order valence-corrected chi connectivity index (χ0v) is 20.4. The first kappa shape index (κ1) is 27.7. The monoisotopic (exact) mass is 474 g/mol. The molecule has 1 aromatic rings. The van der Waals surface area contributed by atoms with E-state index in [4.69, 9.17) is 9.47 Å². The second-order valence-corrected chi connectivity index (χ2v) is 9.11. The normalized spacial score (nSPS) is 15.9. The van der Waals surface area contributed by atoms with Crippen molar-refractivity contribution in [2.45, 2.75) is 58.8 Å². The summed E-state index contributed by atoms with van der Waals surface area (Å²) in [5.41, 5.74) is 1.34. The topological polar surface area (TPSA) is 111 Å². The highest BCUT2D eigenvalue weighted by Gasteiger charge is 2.28. The number of nitrogens with one attached hydrogen (secondary N) is 2. The second-order valence-electron chi connectivity index (χ2n) is 9.11. The van der Waals surface area contributed by atoms with Gasteiger partial charge in [-0.05, 0) is 42.9 Å². The summed E-state index contributed by atoms with van der Waals surface area (Å²) in [5, 5.41) is 5.34. The molecule has 2 rings (SSSR count). The fourth-order valence-electron chi connectivity index (χ4n) is 3.71. The lowest BCUT2D eigenvalue weighted by molar-refractivity contribution is -0.134. The Balaban J connectivity index is 1.59. The molecule has 188 valence electrons. The summed E-state index contributed by atoms with van der Waals surface area (Å²) in [6.07, 6.45) is 3.66. The number of anilines is 1. The number of benzene rings is 1. The van der Waals surface area contributed by atoms with E-state index in [2.05, 4.69) is 24.5 Å². The van der Waals surface area contributed by atoms with Crippen LogP contribution in [-0.4, -0.2) is 56.4 Å². The molecular formula is C26H38N2O6. The van der Waals surface area contributed by atoms with Gasteiger partial charge in [-0.2, -0.15) is 0 Å². The molecule has 1 fully saturated rings. The van der Waals surface area contributed by atoms with Crippen LogP contribution in [0.1, 0.15) is 57.9 Å². The van der Waals surface area contributed by atoms with Crippen LogP contribution in [0.25, 0.3) is 0 Å². The van der Waals surface area contributed by atoms with Gasteiger partial charge in [0.15, 0.2) is 0 Å². The van der Waals surface area contributed by atoms with E-state index in [1.807, 2.05) is 0 Å². The van der Waals surface area contributed by atoms with Crippen molar-refractivity contribution in [2.75, 3.05) is 38.3 Å². The molecule has 8 heteroatoms. The Bertz CT molecular complexity index is 806. The zero-order valence-electron chi connectivity index (χ0n) is 20.4. The average Bonchev–Trinajstić information content (AvgIpc) is 2.79. The van der Waals surface area contributed by atoms with Crippen LogP contribution in [0.5, 0.6) is 0 Å². The molecule has 1 atom stereocenters. The van der Waals surface area contributed by atoms with E-state index < -0.39 is 11.8 Å².